The molecule has 0 bridgehead atoms. The number of hydrogen-bond acceptors (Lipinski definition) is 4. The van der Waals surface area contributed by atoms with E-state index in [1.807, 2.05) is 11.9 Å². The quantitative estimate of drug-likeness (QED) is 0.720. The second kappa shape index (κ2) is 5.36. The van der Waals surface area contributed by atoms with Gasteiger partial charge < -0.3 is 10.0 Å². The van der Waals surface area contributed by atoms with E-state index in [9.17, 15) is 14.7 Å². The van der Waals surface area contributed by atoms with Gasteiger partial charge in [-0.1, -0.05) is 12.8 Å². The fourth-order valence-corrected chi connectivity index (χ4v) is 2.92. The van der Waals surface area contributed by atoms with Crippen LogP contribution < -0.4 is 0 Å². The zero-order valence-electron chi connectivity index (χ0n) is 11.0. The van der Waals surface area contributed by atoms with Gasteiger partial charge in [0.05, 0.1) is 5.60 Å². The average molecular weight is 254 g/mol. The van der Waals surface area contributed by atoms with Crippen molar-refractivity contribution in [1.29, 1.82) is 0 Å². The van der Waals surface area contributed by atoms with Gasteiger partial charge in [-0.3, -0.25) is 14.5 Å². The van der Waals surface area contributed by atoms with Crippen molar-refractivity contribution < 1.29 is 14.7 Å². The van der Waals surface area contributed by atoms with Crippen LogP contribution in [0.3, 0.4) is 0 Å². The van der Waals surface area contributed by atoms with Gasteiger partial charge in [0.1, 0.15) is 0 Å². The van der Waals surface area contributed by atoms with Crippen molar-refractivity contribution in [2.75, 3.05) is 26.7 Å². The summed E-state index contributed by atoms with van der Waals surface area (Å²) in [6.45, 7) is 1.72. The minimum Gasteiger partial charge on any atom is -0.389 e. The maximum absolute atomic E-state index is 11.4. The minimum atomic E-state index is -0.562. The Bertz CT molecular complexity index is 321. The Morgan fingerprint density at radius 3 is 2.33 bits per heavy atom. The molecule has 102 valence electrons. The second-order valence-corrected chi connectivity index (χ2v) is 5.61. The normalized spacial score (nSPS) is 23.4. The maximum Gasteiger partial charge on any atom is 0.229 e. The van der Waals surface area contributed by atoms with Gasteiger partial charge in [0.25, 0.3) is 0 Å². The van der Waals surface area contributed by atoms with Gasteiger partial charge in [-0.25, -0.2) is 0 Å². The SMILES string of the molecule is CN(CCN1C(=O)CCC1=O)CC1(O)CCCC1. The predicted octanol–water partition coefficient (Wildman–Crippen LogP) is 0.372. The summed E-state index contributed by atoms with van der Waals surface area (Å²) in [7, 11) is 1.93. The molecule has 5 nitrogen and oxygen atoms in total. The molecule has 1 aliphatic heterocycles. The number of rotatable bonds is 5. The van der Waals surface area contributed by atoms with Gasteiger partial charge in [0.2, 0.25) is 11.8 Å². The van der Waals surface area contributed by atoms with Crippen LogP contribution in [-0.4, -0.2) is 59.0 Å². The number of nitrogens with zero attached hydrogens (tertiary/aromatic N) is 2. The first kappa shape index (κ1) is 13.5. The summed E-state index contributed by atoms with van der Waals surface area (Å²) < 4.78 is 0. The molecular weight excluding hydrogens is 232 g/mol. The average Bonchev–Trinajstić information content (AvgIpc) is 2.85. The number of carbonyl (C=O) groups excluding carboxylic acids is 2. The van der Waals surface area contributed by atoms with Crippen molar-refractivity contribution in [3.8, 4) is 0 Å². The molecule has 0 spiro atoms. The van der Waals surface area contributed by atoms with Crippen molar-refractivity contribution in [1.82, 2.24) is 9.80 Å². The predicted molar refractivity (Wildman–Crippen MR) is 66.9 cm³/mol. The lowest BCUT2D eigenvalue weighted by molar-refractivity contribution is -0.138. The first-order chi connectivity index (χ1) is 8.50. The Labute approximate surface area is 108 Å². The van der Waals surface area contributed by atoms with Crippen molar-refractivity contribution in [3.05, 3.63) is 0 Å². The van der Waals surface area contributed by atoms with Crippen LogP contribution in [0, 0.1) is 0 Å². The maximum atomic E-state index is 11.4. The van der Waals surface area contributed by atoms with Crippen LogP contribution in [0.5, 0.6) is 0 Å². The fourth-order valence-electron chi connectivity index (χ4n) is 2.92. The summed E-state index contributed by atoms with van der Waals surface area (Å²) >= 11 is 0. The molecule has 2 fully saturated rings. The molecule has 2 rings (SSSR count). The van der Waals surface area contributed by atoms with Gasteiger partial charge in [0, 0.05) is 32.5 Å². The van der Waals surface area contributed by atoms with Crippen molar-refractivity contribution in [2.45, 2.75) is 44.1 Å². The number of likely N-dealkylation sites (tertiary alicyclic amines) is 1. The topological polar surface area (TPSA) is 60.9 Å². The highest BCUT2D eigenvalue weighted by atomic mass is 16.3. The lowest BCUT2D eigenvalue weighted by Gasteiger charge is -2.29. The second-order valence-electron chi connectivity index (χ2n) is 5.61. The van der Waals surface area contributed by atoms with Crippen LogP contribution in [0.1, 0.15) is 38.5 Å². The van der Waals surface area contributed by atoms with Gasteiger partial charge in [-0.2, -0.15) is 0 Å². The highest BCUT2D eigenvalue weighted by Crippen LogP contribution is 2.29. The molecule has 2 aliphatic rings. The molecule has 0 unspecified atom stereocenters. The van der Waals surface area contributed by atoms with E-state index in [2.05, 4.69) is 0 Å². The van der Waals surface area contributed by atoms with Gasteiger partial charge in [-0.05, 0) is 19.9 Å². The molecule has 18 heavy (non-hydrogen) atoms. The largest absolute Gasteiger partial charge is 0.389 e. The number of hydrogen-bond donors (Lipinski definition) is 1. The molecule has 1 heterocycles. The first-order valence-electron chi connectivity index (χ1n) is 6.74. The number of likely N-dealkylation sites (N-methyl/N-ethyl adjacent to an activating group) is 1. The molecule has 0 aromatic heterocycles. The summed E-state index contributed by atoms with van der Waals surface area (Å²) in [6, 6.07) is 0. The van der Waals surface area contributed by atoms with Crippen LogP contribution in [0.4, 0.5) is 0 Å². The summed E-state index contributed by atoms with van der Waals surface area (Å²) in [5, 5.41) is 10.3. The number of imide groups is 1. The van der Waals surface area contributed by atoms with E-state index in [-0.39, 0.29) is 11.8 Å². The van der Waals surface area contributed by atoms with E-state index in [1.165, 1.54) is 4.90 Å². The van der Waals surface area contributed by atoms with Crippen LogP contribution in [0.2, 0.25) is 0 Å². The highest BCUT2D eigenvalue weighted by Gasteiger charge is 2.33. The number of carbonyl (C=O) groups is 2. The molecule has 0 aromatic rings. The molecule has 0 aromatic carbocycles. The van der Waals surface area contributed by atoms with Crippen LogP contribution in [-0.2, 0) is 9.59 Å². The van der Waals surface area contributed by atoms with Gasteiger partial charge in [0.15, 0.2) is 0 Å². The molecule has 1 saturated carbocycles. The third-order valence-corrected chi connectivity index (χ3v) is 3.96. The molecular formula is C13H22N2O3. The minimum absolute atomic E-state index is 0.0621. The lowest BCUT2D eigenvalue weighted by Crippen LogP contribution is -2.43. The fraction of sp³-hybridized carbons (Fsp3) is 0.846. The van der Waals surface area contributed by atoms with Gasteiger partial charge in [-0.15, -0.1) is 0 Å². The molecule has 5 heteroatoms. The third-order valence-electron chi connectivity index (χ3n) is 3.96. The number of aliphatic hydroxyl groups is 1. The van der Waals surface area contributed by atoms with Crippen molar-refractivity contribution in [3.63, 3.8) is 0 Å². The van der Waals surface area contributed by atoms with Crippen molar-refractivity contribution in [2.24, 2.45) is 0 Å². The lowest BCUT2D eigenvalue weighted by atomic mass is 10.0. The molecule has 1 N–H and O–H groups in total. The summed E-state index contributed by atoms with van der Waals surface area (Å²) in [4.78, 5) is 26.2. The van der Waals surface area contributed by atoms with Crippen molar-refractivity contribution >= 4 is 11.8 Å². The van der Waals surface area contributed by atoms with E-state index in [1.54, 1.807) is 0 Å². The Morgan fingerprint density at radius 2 is 1.78 bits per heavy atom. The molecule has 1 saturated heterocycles. The van der Waals surface area contributed by atoms with E-state index < -0.39 is 5.60 Å². The van der Waals surface area contributed by atoms with E-state index in [4.69, 9.17) is 0 Å². The van der Waals surface area contributed by atoms with E-state index >= 15 is 0 Å². The monoisotopic (exact) mass is 254 g/mol. The van der Waals surface area contributed by atoms with Crippen LogP contribution in [0.15, 0.2) is 0 Å². The first-order valence-corrected chi connectivity index (χ1v) is 6.74. The molecule has 0 radical (unpaired) electrons. The highest BCUT2D eigenvalue weighted by molar-refractivity contribution is 6.01. The smallest absolute Gasteiger partial charge is 0.229 e. The zero-order chi connectivity index (χ0) is 13.2. The van der Waals surface area contributed by atoms with Crippen LogP contribution in [0.25, 0.3) is 0 Å². The summed E-state index contributed by atoms with van der Waals surface area (Å²) in [6.07, 6.45) is 4.61. The third kappa shape index (κ3) is 3.09. The summed E-state index contributed by atoms with van der Waals surface area (Å²) in [5.74, 6) is -0.124. The Balaban J connectivity index is 1.76. The standard InChI is InChI=1S/C13H22N2O3/c1-14(10-13(18)6-2-3-7-13)8-9-15-11(16)4-5-12(15)17/h18H,2-10H2,1H3. The molecule has 2 amide bonds. The summed E-state index contributed by atoms with van der Waals surface area (Å²) in [5.41, 5.74) is -0.562. The Morgan fingerprint density at radius 1 is 1.22 bits per heavy atom. The Kier molecular flexibility index (Phi) is 4.02. The van der Waals surface area contributed by atoms with Gasteiger partial charge >= 0.3 is 0 Å². The van der Waals surface area contributed by atoms with Crippen LogP contribution >= 0.6 is 0 Å². The molecule has 0 atom stereocenters. The zero-order valence-corrected chi connectivity index (χ0v) is 11.0. The van der Waals surface area contributed by atoms with E-state index in [0.717, 1.165) is 25.7 Å². The van der Waals surface area contributed by atoms with E-state index in [0.29, 0.717) is 32.5 Å². The number of amides is 2. The Hall–Kier alpha value is -0.940. The molecule has 1 aliphatic carbocycles.